The second-order valence-electron chi connectivity index (χ2n) is 3.67. The first kappa shape index (κ1) is 14.3. The van der Waals surface area contributed by atoms with Gasteiger partial charge in [0.15, 0.2) is 0 Å². The third-order valence-electron chi connectivity index (χ3n) is 2.30. The molecule has 1 aromatic carbocycles. The summed E-state index contributed by atoms with van der Waals surface area (Å²) in [7, 11) is 0. The molecule has 17 heavy (non-hydrogen) atoms. The summed E-state index contributed by atoms with van der Waals surface area (Å²) in [6, 6.07) is 4.45. The first-order valence-electron chi connectivity index (χ1n) is 5.20. The molecule has 6 heteroatoms. The van der Waals surface area contributed by atoms with Crippen LogP contribution in [-0.4, -0.2) is 21.9 Å². The Hall–Kier alpha value is -0.780. The van der Waals surface area contributed by atoms with Crippen LogP contribution in [0.2, 0.25) is 5.02 Å². The molecule has 1 unspecified atom stereocenters. The standard InChI is InChI=1S/C11H14ClNO3S/c1-8(4-5-14)17-7-9-6-10(13(15)16)2-3-11(9)12/h2-3,6,8,14H,4-5,7H2,1H3. The van der Waals surface area contributed by atoms with Gasteiger partial charge in [-0.05, 0) is 18.1 Å². The predicted octanol–water partition coefficient (Wildman–Crippen LogP) is 3.25. The number of benzene rings is 1. The summed E-state index contributed by atoms with van der Waals surface area (Å²) < 4.78 is 0. The van der Waals surface area contributed by atoms with Crippen LogP contribution in [0.15, 0.2) is 18.2 Å². The van der Waals surface area contributed by atoms with Crippen LogP contribution in [0.3, 0.4) is 0 Å². The van der Waals surface area contributed by atoms with E-state index in [2.05, 4.69) is 0 Å². The maximum absolute atomic E-state index is 10.6. The molecule has 1 N–H and O–H groups in total. The van der Waals surface area contributed by atoms with Crippen LogP contribution in [0.5, 0.6) is 0 Å². The molecule has 94 valence electrons. The van der Waals surface area contributed by atoms with Gasteiger partial charge in [0.1, 0.15) is 0 Å². The number of halogens is 1. The van der Waals surface area contributed by atoms with Crippen LogP contribution in [0.1, 0.15) is 18.9 Å². The number of hydrogen-bond donors (Lipinski definition) is 1. The lowest BCUT2D eigenvalue weighted by Crippen LogP contribution is -2.00. The van der Waals surface area contributed by atoms with E-state index in [-0.39, 0.29) is 12.3 Å². The highest BCUT2D eigenvalue weighted by atomic mass is 35.5. The summed E-state index contributed by atoms with van der Waals surface area (Å²) in [6.07, 6.45) is 0.706. The Morgan fingerprint density at radius 1 is 1.59 bits per heavy atom. The zero-order valence-electron chi connectivity index (χ0n) is 9.43. The number of thioether (sulfide) groups is 1. The Balaban J connectivity index is 2.69. The molecule has 1 aromatic rings. The summed E-state index contributed by atoms with van der Waals surface area (Å²) in [5.74, 6) is 0.613. The molecule has 0 aliphatic heterocycles. The van der Waals surface area contributed by atoms with Gasteiger partial charge < -0.3 is 5.11 Å². The number of hydrogen-bond acceptors (Lipinski definition) is 4. The number of nitro benzene ring substituents is 1. The van der Waals surface area contributed by atoms with Crippen molar-refractivity contribution in [1.82, 2.24) is 0 Å². The smallest absolute Gasteiger partial charge is 0.269 e. The summed E-state index contributed by atoms with van der Waals surface area (Å²) in [4.78, 5) is 10.2. The van der Waals surface area contributed by atoms with E-state index in [4.69, 9.17) is 16.7 Å². The fraction of sp³-hybridized carbons (Fsp3) is 0.455. The van der Waals surface area contributed by atoms with Crippen molar-refractivity contribution in [2.45, 2.75) is 24.3 Å². The van der Waals surface area contributed by atoms with Gasteiger partial charge in [0.05, 0.1) is 4.92 Å². The van der Waals surface area contributed by atoms with Gasteiger partial charge in [-0.15, -0.1) is 0 Å². The average molecular weight is 276 g/mol. The minimum atomic E-state index is -0.429. The van der Waals surface area contributed by atoms with E-state index in [1.807, 2.05) is 6.92 Å². The highest BCUT2D eigenvalue weighted by Gasteiger charge is 2.11. The number of nitro groups is 1. The molecule has 0 bridgehead atoms. The van der Waals surface area contributed by atoms with Crippen molar-refractivity contribution in [1.29, 1.82) is 0 Å². The highest BCUT2D eigenvalue weighted by Crippen LogP contribution is 2.28. The van der Waals surface area contributed by atoms with Crippen LogP contribution in [0, 0.1) is 10.1 Å². The van der Waals surface area contributed by atoms with Crippen molar-refractivity contribution in [3.05, 3.63) is 38.9 Å². The maximum atomic E-state index is 10.6. The van der Waals surface area contributed by atoms with Gasteiger partial charge in [0, 0.05) is 34.8 Å². The van der Waals surface area contributed by atoms with Gasteiger partial charge in [0.25, 0.3) is 5.69 Å². The number of aliphatic hydroxyl groups excluding tert-OH is 1. The van der Waals surface area contributed by atoms with E-state index >= 15 is 0 Å². The van der Waals surface area contributed by atoms with Crippen molar-refractivity contribution >= 4 is 29.1 Å². The van der Waals surface area contributed by atoms with Gasteiger partial charge in [-0.2, -0.15) is 11.8 Å². The summed E-state index contributed by atoms with van der Waals surface area (Å²) in [6.45, 7) is 2.16. The van der Waals surface area contributed by atoms with Crippen molar-refractivity contribution in [3.8, 4) is 0 Å². The third-order valence-corrected chi connectivity index (χ3v) is 3.95. The molecule has 0 saturated carbocycles. The highest BCUT2D eigenvalue weighted by molar-refractivity contribution is 7.99. The number of nitrogens with zero attached hydrogens (tertiary/aromatic N) is 1. The van der Waals surface area contributed by atoms with Crippen molar-refractivity contribution in [2.75, 3.05) is 6.61 Å². The SMILES string of the molecule is CC(CCO)SCc1cc([N+](=O)[O-])ccc1Cl. The molecule has 0 saturated heterocycles. The minimum absolute atomic E-state index is 0.0554. The Bertz CT molecular complexity index is 400. The summed E-state index contributed by atoms with van der Waals surface area (Å²) in [5.41, 5.74) is 0.815. The Morgan fingerprint density at radius 3 is 2.88 bits per heavy atom. The Kier molecular flexibility index (Phi) is 5.74. The molecule has 0 aliphatic carbocycles. The quantitative estimate of drug-likeness (QED) is 0.639. The second-order valence-corrected chi connectivity index (χ2v) is 5.50. The minimum Gasteiger partial charge on any atom is -0.396 e. The molecule has 0 amide bonds. The van der Waals surface area contributed by atoms with Gasteiger partial charge in [-0.1, -0.05) is 18.5 Å². The van der Waals surface area contributed by atoms with Crippen LogP contribution in [0.25, 0.3) is 0 Å². The molecule has 0 aliphatic rings. The molecule has 0 radical (unpaired) electrons. The van der Waals surface area contributed by atoms with Gasteiger partial charge in [0.2, 0.25) is 0 Å². The molecule has 0 heterocycles. The van der Waals surface area contributed by atoms with E-state index < -0.39 is 4.92 Å². The van der Waals surface area contributed by atoms with Crippen LogP contribution in [0.4, 0.5) is 5.69 Å². The van der Waals surface area contributed by atoms with Crippen molar-refractivity contribution < 1.29 is 10.0 Å². The molecule has 4 nitrogen and oxygen atoms in total. The number of aliphatic hydroxyl groups is 1. The molecule has 0 fully saturated rings. The monoisotopic (exact) mass is 275 g/mol. The van der Waals surface area contributed by atoms with E-state index in [1.165, 1.54) is 12.1 Å². The van der Waals surface area contributed by atoms with Crippen molar-refractivity contribution in [3.63, 3.8) is 0 Å². The Labute approximate surface area is 109 Å². The van der Waals surface area contributed by atoms with Gasteiger partial charge in [-0.25, -0.2) is 0 Å². The third kappa shape index (κ3) is 4.53. The van der Waals surface area contributed by atoms with Crippen molar-refractivity contribution in [2.24, 2.45) is 0 Å². The predicted molar refractivity (Wildman–Crippen MR) is 70.6 cm³/mol. The normalized spacial score (nSPS) is 12.4. The summed E-state index contributed by atoms with van der Waals surface area (Å²) >= 11 is 7.60. The number of non-ortho nitro benzene ring substituents is 1. The van der Waals surface area contributed by atoms with E-state index in [1.54, 1.807) is 17.8 Å². The van der Waals surface area contributed by atoms with Gasteiger partial charge in [-0.3, -0.25) is 10.1 Å². The first-order valence-corrected chi connectivity index (χ1v) is 6.62. The zero-order chi connectivity index (χ0) is 12.8. The van der Waals surface area contributed by atoms with Crippen LogP contribution in [-0.2, 0) is 5.75 Å². The molecule has 1 rings (SSSR count). The average Bonchev–Trinajstić information content (AvgIpc) is 2.28. The fourth-order valence-corrected chi connectivity index (χ4v) is 2.52. The topological polar surface area (TPSA) is 63.4 Å². The summed E-state index contributed by atoms with van der Waals surface area (Å²) in [5, 5.41) is 20.2. The second kappa shape index (κ2) is 6.83. The molecule has 1 atom stereocenters. The Morgan fingerprint density at radius 2 is 2.29 bits per heavy atom. The zero-order valence-corrected chi connectivity index (χ0v) is 11.0. The first-order chi connectivity index (χ1) is 8.04. The van der Waals surface area contributed by atoms with E-state index in [0.717, 1.165) is 5.56 Å². The van der Waals surface area contributed by atoms with E-state index in [0.29, 0.717) is 22.4 Å². The number of rotatable bonds is 6. The van der Waals surface area contributed by atoms with Crippen LogP contribution >= 0.6 is 23.4 Å². The largest absolute Gasteiger partial charge is 0.396 e. The molecule has 0 spiro atoms. The van der Waals surface area contributed by atoms with Crippen LogP contribution < -0.4 is 0 Å². The lowest BCUT2D eigenvalue weighted by Gasteiger charge is -2.10. The molecular weight excluding hydrogens is 262 g/mol. The lowest BCUT2D eigenvalue weighted by atomic mass is 10.2. The lowest BCUT2D eigenvalue weighted by molar-refractivity contribution is -0.384. The fourth-order valence-electron chi connectivity index (χ4n) is 1.28. The molecule has 0 aromatic heterocycles. The molecular formula is C11H14ClNO3S. The van der Waals surface area contributed by atoms with Gasteiger partial charge >= 0.3 is 0 Å². The maximum Gasteiger partial charge on any atom is 0.269 e. The van der Waals surface area contributed by atoms with E-state index in [9.17, 15) is 10.1 Å².